The average molecular weight is 388 g/mol. The minimum atomic E-state index is -0.485. The van der Waals surface area contributed by atoms with Gasteiger partial charge in [0, 0.05) is 12.8 Å². The molecular formula is C24H37NO3. The molecule has 1 N–H and O–H groups in total. The normalized spacial score (nSPS) is 51.1. The predicted molar refractivity (Wildman–Crippen MR) is 110 cm³/mol. The lowest BCUT2D eigenvalue weighted by atomic mass is 9.47. The van der Waals surface area contributed by atoms with Crippen LogP contribution in [0.2, 0.25) is 0 Å². The van der Waals surface area contributed by atoms with E-state index in [2.05, 4.69) is 32.0 Å². The molecule has 4 fully saturated rings. The maximum absolute atomic E-state index is 10.7. The molecule has 28 heavy (non-hydrogen) atoms. The van der Waals surface area contributed by atoms with E-state index >= 15 is 0 Å². The number of ether oxygens (including phenoxy) is 1. The molecule has 5 rings (SSSR count). The zero-order chi connectivity index (χ0) is 19.5. The van der Waals surface area contributed by atoms with E-state index in [1.165, 1.54) is 44.1 Å². The fraction of sp³-hybridized carbons (Fsp3) is 0.875. The lowest BCUT2D eigenvalue weighted by Gasteiger charge is -2.58. The highest BCUT2D eigenvalue weighted by molar-refractivity contribution is 5.90. The Morgan fingerprint density at radius 3 is 2.82 bits per heavy atom. The first-order valence-electron chi connectivity index (χ1n) is 11.6. The van der Waals surface area contributed by atoms with Gasteiger partial charge in [-0.2, -0.15) is 0 Å². The van der Waals surface area contributed by atoms with Crippen LogP contribution in [0.1, 0.15) is 72.1 Å². The Hall–Kier alpha value is -0.870. The summed E-state index contributed by atoms with van der Waals surface area (Å²) in [5.74, 6) is 3.33. The van der Waals surface area contributed by atoms with Crippen molar-refractivity contribution in [1.29, 1.82) is 0 Å². The molecule has 5 aliphatic rings. The van der Waals surface area contributed by atoms with Gasteiger partial charge < -0.3 is 14.7 Å². The first-order chi connectivity index (χ1) is 13.5. The molecule has 0 spiro atoms. The molecule has 4 nitrogen and oxygen atoms in total. The van der Waals surface area contributed by atoms with E-state index in [1.807, 2.05) is 0 Å². The van der Waals surface area contributed by atoms with Crippen LogP contribution < -0.4 is 0 Å². The van der Waals surface area contributed by atoms with E-state index < -0.39 is 6.10 Å². The van der Waals surface area contributed by atoms with Crippen molar-refractivity contribution in [3.63, 3.8) is 0 Å². The fourth-order valence-electron chi connectivity index (χ4n) is 7.78. The fourth-order valence-corrected chi connectivity index (χ4v) is 7.78. The van der Waals surface area contributed by atoms with Crippen LogP contribution in [-0.4, -0.2) is 36.2 Å². The number of allylic oxidation sites excluding steroid dienone is 1. The minimum Gasteiger partial charge on any atom is -0.393 e. The average Bonchev–Trinajstić information content (AvgIpc) is 3.42. The minimum absolute atomic E-state index is 0.145. The van der Waals surface area contributed by atoms with E-state index in [1.54, 1.807) is 0 Å². The topological polar surface area (TPSA) is 54.4 Å². The molecule has 4 heteroatoms. The summed E-state index contributed by atoms with van der Waals surface area (Å²) in [6.45, 7) is 8.74. The van der Waals surface area contributed by atoms with Crippen molar-refractivity contribution < 1.29 is 14.7 Å². The number of epoxide rings is 1. The second kappa shape index (κ2) is 6.84. The number of aliphatic hydroxyl groups excluding tert-OH is 1. The quantitative estimate of drug-likeness (QED) is 0.431. The van der Waals surface area contributed by atoms with Crippen LogP contribution in [0.15, 0.2) is 16.8 Å². The molecule has 0 amide bonds. The molecule has 0 bridgehead atoms. The van der Waals surface area contributed by atoms with Gasteiger partial charge in [0.05, 0.1) is 18.4 Å². The summed E-state index contributed by atoms with van der Waals surface area (Å²) in [6, 6.07) is 0. The van der Waals surface area contributed by atoms with Gasteiger partial charge in [-0.15, -0.1) is 0 Å². The van der Waals surface area contributed by atoms with Gasteiger partial charge in [0.1, 0.15) is 12.7 Å². The summed E-state index contributed by atoms with van der Waals surface area (Å²) in [5.41, 5.74) is 3.04. The van der Waals surface area contributed by atoms with Crippen molar-refractivity contribution in [1.82, 2.24) is 0 Å². The highest BCUT2D eigenvalue weighted by Crippen LogP contribution is 2.66. The summed E-state index contributed by atoms with van der Waals surface area (Å²) < 4.78 is 5.20. The summed E-state index contributed by atoms with van der Waals surface area (Å²) in [5, 5.41) is 15.1. The number of nitrogens with zero attached hydrogens (tertiary/aromatic N) is 1. The number of oxime groups is 1. The molecule has 4 aliphatic carbocycles. The van der Waals surface area contributed by atoms with Gasteiger partial charge in [-0.05, 0) is 66.6 Å². The number of aliphatic hydroxyl groups is 1. The summed E-state index contributed by atoms with van der Waals surface area (Å²) in [7, 11) is 0. The van der Waals surface area contributed by atoms with Crippen LogP contribution >= 0.6 is 0 Å². The molecular weight excluding hydrogens is 350 g/mol. The van der Waals surface area contributed by atoms with Crippen molar-refractivity contribution in [3.8, 4) is 0 Å². The molecule has 1 aliphatic heterocycles. The van der Waals surface area contributed by atoms with Gasteiger partial charge in [0.15, 0.2) is 0 Å². The number of fused-ring (bicyclic) bond motifs is 5. The smallest absolute Gasteiger partial charge is 0.145 e. The van der Waals surface area contributed by atoms with Crippen molar-refractivity contribution in [2.24, 2.45) is 39.7 Å². The molecule has 156 valence electrons. The molecule has 0 aromatic heterocycles. The third-order valence-corrected chi connectivity index (χ3v) is 9.51. The second-order valence-electron chi connectivity index (χ2n) is 10.7. The van der Waals surface area contributed by atoms with E-state index in [-0.39, 0.29) is 11.5 Å². The van der Waals surface area contributed by atoms with Gasteiger partial charge in [-0.3, -0.25) is 0 Å². The Morgan fingerprint density at radius 2 is 2.07 bits per heavy atom. The van der Waals surface area contributed by atoms with Crippen LogP contribution in [-0.2, 0) is 9.57 Å². The summed E-state index contributed by atoms with van der Waals surface area (Å²) in [6.07, 6.45) is 11.9. The van der Waals surface area contributed by atoms with Crippen molar-refractivity contribution in [3.05, 3.63) is 11.6 Å². The standard InChI is InChI=1S/C24H37NO3/c1-4-15-6-8-19-18-7-5-16-11-22(26)21(25-28-14-17-13-27-17)12-24(16,3)20(18)9-10-23(15,19)2/h5,15,17-20,22,26H,4,6-14H2,1-3H3/t15-,17?,18-,19-,20-,22+,23+,24-/m0/s1. The molecule has 0 radical (unpaired) electrons. The number of hydrogen-bond acceptors (Lipinski definition) is 4. The summed E-state index contributed by atoms with van der Waals surface area (Å²) in [4.78, 5) is 5.53. The Morgan fingerprint density at radius 1 is 1.25 bits per heavy atom. The second-order valence-corrected chi connectivity index (χ2v) is 10.7. The Balaban J connectivity index is 1.39. The van der Waals surface area contributed by atoms with E-state index in [0.717, 1.165) is 48.8 Å². The lowest BCUT2D eigenvalue weighted by molar-refractivity contribution is -0.0378. The largest absolute Gasteiger partial charge is 0.393 e. The van der Waals surface area contributed by atoms with Crippen LogP contribution in [0.25, 0.3) is 0 Å². The molecule has 1 unspecified atom stereocenters. The van der Waals surface area contributed by atoms with Crippen LogP contribution in [0.3, 0.4) is 0 Å². The first-order valence-corrected chi connectivity index (χ1v) is 11.6. The van der Waals surface area contributed by atoms with Crippen LogP contribution in [0.4, 0.5) is 0 Å². The number of rotatable bonds is 4. The highest BCUT2D eigenvalue weighted by atomic mass is 16.7. The monoisotopic (exact) mass is 387 g/mol. The van der Waals surface area contributed by atoms with Gasteiger partial charge in [0.25, 0.3) is 0 Å². The SMILES string of the molecule is CC[C@H]1CC[C@H]2[C@@H]3CC=C4C[C@@H](O)C(=NOCC5CO5)C[C@]4(C)[C@H]3CC[C@]12C. The maximum atomic E-state index is 10.7. The van der Waals surface area contributed by atoms with Crippen LogP contribution in [0.5, 0.6) is 0 Å². The Bertz CT molecular complexity index is 683. The van der Waals surface area contributed by atoms with Crippen molar-refractivity contribution in [2.75, 3.05) is 13.2 Å². The first kappa shape index (κ1) is 19.1. The molecule has 0 aromatic rings. The van der Waals surface area contributed by atoms with Crippen molar-refractivity contribution >= 4 is 5.71 Å². The Kier molecular flexibility index (Phi) is 4.67. The lowest BCUT2D eigenvalue weighted by Crippen LogP contribution is -2.52. The zero-order valence-electron chi connectivity index (χ0n) is 17.8. The number of hydrogen-bond donors (Lipinski definition) is 1. The molecule has 0 aromatic carbocycles. The highest BCUT2D eigenvalue weighted by Gasteiger charge is 2.58. The molecule has 1 saturated heterocycles. The third-order valence-electron chi connectivity index (χ3n) is 9.51. The molecule has 8 atom stereocenters. The van der Waals surface area contributed by atoms with E-state index in [4.69, 9.17) is 9.57 Å². The maximum Gasteiger partial charge on any atom is 0.145 e. The van der Waals surface area contributed by atoms with Gasteiger partial charge >= 0.3 is 0 Å². The predicted octanol–water partition coefficient (Wildman–Crippen LogP) is 4.72. The Labute approximate surface area is 169 Å². The van der Waals surface area contributed by atoms with Gasteiger partial charge in [-0.1, -0.05) is 44.0 Å². The zero-order valence-corrected chi connectivity index (χ0v) is 17.8. The van der Waals surface area contributed by atoms with Gasteiger partial charge in [-0.25, -0.2) is 0 Å². The van der Waals surface area contributed by atoms with Crippen molar-refractivity contribution in [2.45, 2.75) is 84.3 Å². The van der Waals surface area contributed by atoms with Crippen LogP contribution in [0, 0.1) is 34.5 Å². The molecule has 3 saturated carbocycles. The van der Waals surface area contributed by atoms with E-state index in [0.29, 0.717) is 12.0 Å². The molecule has 1 heterocycles. The summed E-state index contributed by atoms with van der Waals surface area (Å²) >= 11 is 0. The third kappa shape index (κ3) is 2.89. The van der Waals surface area contributed by atoms with E-state index in [9.17, 15) is 5.11 Å². The van der Waals surface area contributed by atoms with Gasteiger partial charge in [0.2, 0.25) is 0 Å².